The lowest BCUT2D eigenvalue weighted by Crippen LogP contribution is -2.20. The summed E-state index contributed by atoms with van der Waals surface area (Å²) < 4.78 is 9.42. The average molecular weight is 217 g/mol. The Hall–Kier alpha value is -1.17. The van der Waals surface area contributed by atoms with Crippen LogP contribution < -0.4 is 9.47 Å². The molecule has 2 rings (SSSR count). The van der Waals surface area contributed by atoms with Crippen LogP contribution in [0.3, 0.4) is 0 Å². The van der Waals surface area contributed by atoms with E-state index < -0.39 is 6.16 Å². The number of nitrogens with zero attached hydrogens (tertiary/aromatic N) is 2. The molecule has 0 saturated heterocycles. The van der Waals surface area contributed by atoms with Crippen LogP contribution in [-0.4, -0.2) is 16.1 Å². The Kier molecular flexibility index (Phi) is 1.28. The fourth-order valence-corrected chi connectivity index (χ4v) is 0.913. The van der Waals surface area contributed by atoms with Gasteiger partial charge in [-0.25, -0.2) is 9.78 Å². The maximum atomic E-state index is 10.6. The lowest BCUT2D eigenvalue weighted by atomic mass is 10.7. The number of hydrogen-bond acceptors (Lipinski definition) is 5. The molecule has 2 bridgehead atoms. The third-order valence-corrected chi connectivity index (χ3v) is 1.59. The molecule has 0 spiro atoms. The van der Waals surface area contributed by atoms with Gasteiger partial charge in [0.2, 0.25) is 5.88 Å². The maximum Gasteiger partial charge on any atom is 0.522 e. The number of ether oxygens (including phenoxy) is 2. The SMILES string of the molecule is O=C1Oc2cnc(Br)c(n2)O1. The first-order valence-electron chi connectivity index (χ1n) is 2.68. The lowest BCUT2D eigenvalue weighted by molar-refractivity contribution is 0.137. The van der Waals surface area contributed by atoms with Gasteiger partial charge in [0.05, 0.1) is 6.20 Å². The molecule has 1 aromatic heterocycles. The van der Waals surface area contributed by atoms with Gasteiger partial charge >= 0.3 is 6.16 Å². The van der Waals surface area contributed by atoms with E-state index in [0.29, 0.717) is 4.60 Å². The molecule has 0 unspecified atom stereocenters. The van der Waals surface area contributed by atoms with Gasteiger partial charge < -0.3 is 9.47 Å². The van der Waals surface area contributed by atoms with Crippen molar-refractivity contribution in [3.63, 3.8) is 0 Å². The van der Waals surface area contributed by atoms with Gasteiger partial charge in [0.15, 0.2) is 4.60 Å². The molecule has 0 saturated carbocycles. The van der Waals surface area contributed by atoms with Crippen LogP contribution in [0, 0.1) is 0 Å². The Morgan fingerprint density at radius 1 is 1.45 bits per heavy atom. The molecular formula is C5HBrN2O3. The van der Waals surface area contributed by atoms with Crippen LogP contribution in [0.4, 0.5) is 4.79 Å². The Labute approximate surface area is 69.5 Å². The number of halogens is 1. The minimum absolute atomic E-state index is 0.138. The zero-order valence-electron chi connectivity index (χ0n) is 5.07. The molecule has 0 N–H and O–H groups in total. The van der Waals surface area contributed by atoms with Crippen LogP contribution in [0.15, 0.2) is 10.8 Å². The monoisotopic (exact) mass is 216 g/mol. The van der Waals surface area contributed by atoms with Crippen LogP contribution in [0.1, 0.15) is 0 Å². The summed E-state index contributed by atoms with van der Waals surface area (Å²) in [6.07, 6.45) is 0.543. The van der Waals surface area contributed by atoms with Crippen LogP contribution in [-0.2, 0) is 0 Å². The number of rotatable bonds is 0. The third kappa shape index (κ3) is 1.05. The summed E-state index contributed by atoms with van der Waals surface area (Å²) in [5.41, 5.74) is 0. The molecular weight excluding hydrogens is 216 g/mol. The fourth-order valence-electron chi connectivity index (χ4n) is 0.641. The highest BCUT2D eigenvalue weighted by molar-refractivity contribution is 9.10. The van der Waals surface area contributed by atoms with Crippen molar-refractivity contribution in [2.45, 2.75) is 0 Å². The highest BCUT2D eigenvalue weighted by Gasteiger charge is 2.20. The number of hydrogen-bond donors (Lipinski definition) is 0. The zero-order chi connectivity index (χ0) is 7.84. The van der Waals surface area contributed by atoms with Gasteiger partial charge in [0, 0.05) is 0 Å². The lowest BCUT2D eigenvalue weighted by Gasteiger charge is -2.10. The van der Waals surface area contributed by atoms with Crippen molar-refractivity contribution in [2.24, 2.45) is 0 Å². The van der Waals surface area contributed by atoms with E-state index in [2.05, 4.69) is 35.4 Å². The second-order valence-corrected chi connectivity index (χ2v) is 2.51. The van der Waals surface area contributed by atoms with Gasteiger partial charge in [0.25, 0.3) is 5.88 Å². The normalized spacial score (nSPS) is 13.7. The predicted molar refractivity (Wildman–Crippen MR) is 36.4 cm³/mol. The Morgan fingerprint density at radius 3 is 3.09 bits per heavy atom. The molecule has 0 radical (unpaired) electrons. The summed E-state index contributed by atoms with van der Waals surface area (Å²) in [6.45, 7) is 0. The van der Waals surface area contributed by atoms with E-state index in [4.69, 9.17) is 0 Å². The topological polar surface area (TPSA) is 61.3 Å². The molecule has 0 aromatic carbocycles. The predicted octanol–water partition coefficient (Wildman–Crippen LogP) is 1.13. The van der Waals surface area contributed by atoms with E-state index in [9.17, 15) is 4.79 Å². The van der Waals surface area contributed by atoms with E-state index in [0.717, 1.165) is 0 Å². The zero-order valence-corrected chi connectivity index (χ0v) is 6.66. The van der Waals surface area contributed by atoms with Crippen molar-refractivity contribution in [3.05, 3.63) is 10.8 Å². The second kappa shape index (κ2) is 2.16. The summed E-state index contributed by atoms with van der Waals surface area (Å²) in [7, 11) is 0. The van der Waals surface area contributed by atoms with E-state index in [1.807, 2.05) is 0 Å². The first-order valence-corrected chi connectivity index (χ1v) is 3.47. The van der Waals surface area contributed by atoms with E-state index in [1.54, 1.807) is 0 Å². The Morgan fingerprint density at radius 2 is 2.27 bits per heavy atom. The van der Waals surface area contributed by atoms with Crippen LogP contribution in [0.5, 0.6) is 11.8 Å². The number of carbonyl (C=O) groups excluding carboxylic acids is 1. The minimum atomic E-state index is -0.784. The summed E-state index contributed by atoms with van der Waals surface area (Å²) >= 11 is 3.05. The number of fused-ring (bicyclic) bond motifs is 2. The number of carbonyl (C=O) groups is 1. The molecule has 0 amide bonds. The van der Waals surface area contributed by atoms with Crippen LogP contribution >= 0.6 is 15.9 Å². The van der Waals surface area contributed by atoms with Gasteiger partial charge in [-0.3, -0.25) is 0 Å². The summed E-state index contributed by atoms with van der Waals surface area (Å²) in [4.78, 5) is 18.1. The molecule has 11 heavy (non-hydrogen) atoms. The van der Waals surface area contributed by atoms with Gasteiger partial charge in [-0.1, -0.05) is 0 Å². The smallest absolute Gasteiger partial charge is 0.374 e. The van der Waals surface area contributed by atoms with Crippen molar-refractivity contribution in [1.82, 2.24) is 9.97 Å². The molecule has 2 heterocycles. The van der Waals surface area contributed by atoms with Crippen molar-refractivity contribution < 1.29 is 14.3 Å². The highest BCUT2D eigenvalue weighted by Crippen LogP contribution is 2.25. The molecule has 6 heteroatoms. The Balaban J connectivity index is 2.56. The molecule has 1 aromatic rings. The van der Waals surface area contributed by atoms with Gasteiger partial charge in [-0.15, -0.1) is 0 Å². The quantitative estimate of drug-likeness (QED) is 0.609. The minimum Gasteiger partial charge on any atom is -0.374 e. The van der Waals surface area contributed by atoms with E-state index >= 15 is 0 Å². The fraction of sp³-hybridized carbons (Fsp3) is 0. The maximum absolute atomic E-state index is 10.6. The van der Waals surface area contributed by atoms with E-state index in [-0.39, 0.29) is 11.8 Å². The van der Waals surface area contributed by atoms with E-state index in [1.165, 1.54) is 6.20 Å². The molecule has 0 fully saturated rings. The third-order valence-electron chi connectivity index (χ3n) is 1.04. The number of aromatic nitrogens is 2. The summed E-state index contributed by atoms with van der Waals surface area (Å²) in [5.74, 6) is 0.290. The molecule has 0 atom stereocenters. The average Bonchev–Trinajstić information content (AvgIpc) is 1.97. The van der Waals surface area contributed by atoms with Crippen molar-refractivity contribution in [3.8, 4) is 11.8 Å². The van der Waals surface area contributed by atoms with Crippen LogP contribution in [0.2, 0.25) is 0 Å². The molecule has 0 aliphatic carbocycles. The van der Waals surface area contributed by atoms with Crippen molar-refractivity contribution in [1.29, 1.82) is 0 Å². The van der Waals surface area contributed by atoms with Gasteiger partial charge in [0.1, 0.15) is 0 Å². The first kappa shape index (κ1) is 6.53. The summed E-state index contributed by atoms with van der Waals surface area (Å²) in [6, 6.07) is 0. The van der Waals surface area contributed by atoms with Gasteiger partial charge in [-0.2, -0.15) is 4.98 Å². The second-order valence-electron chi connectivity index (χ2n) is 1.76. The first-order chi connectivity index (χ1) is 5.25. The largest absolute Gasteiger partial charge is 0.522 e. The summed E-state index contributed by atoms with van der Waals surface area (Å²) in [5, 5.41) is 0. The van der Waals surface area contributed by atoms with Crippen molar-refractivity contribution in [2.75, 3.05) is 0 Å². The molecule has 1 aliphatic rings. The highest BCUT2D eigenvalue weighted by atomic mass is 79.9. The molecule has 1 aliphatic heterocycles. The van der Waals surface area contributed by atoms with Crippen LogP contribution in [0.25, 0.3) is 0 Å². The standard InChI is InChI=1S/C5HBrN2O3/c6-3-4-8-2(1-7-3)10-5(9)11-4/h1H. The Bertz CT molecular complexity index is 328. The van der Waals surface area contributed by atoms with Crippen molar-refractivity contribution >= 4 is 22.1 Å². The van der Waals surface area contributed by atoms with Gasteiger partial charge in [-0.05, 0) is 15.9 Å². The molecule has 56 valence electrons. The molecule has 5 nitrogen and oxygen atoms in total.